The van der Waals surface area contributed by atoms with Crippen LogP contribution in [-0.4, -0.2) is 5.71 Å². The van der Waals surface area contributed by atoms with E-state index in [0.717, 1.165) is 17.0 Å². The van der Waals surface area contributed by atoms with Gasteiger partial charge in [-0.25, -0.2) is 8.78 Å². The summed E-state index contributed by atoms with van der Waals surface area (Å²) in [6.07, 6.45) is 0.513. The molecule has 4 rings (SSSR count). The van der Waals surface area contributed by atoms with Gasteiger partial charge in [0.1, 0.15) is 11.6 Å². The summed E-state index contributed by atoms with van der Waals surface area (Å²) in [5, 5.41) is 7.06. The Labute approximate surface area is 155 Å². The molecule has 0 unspecified atom stereocenters. The van der Waals surface area contributed by atoms with Crippen molar-refractivity contribution in [2.75, 3.05) is 5.01 Å². The van der Waals surface area contributed by atoms with E-state index in [-0.39, 0.29) is 17.7 Å². The molecule has 1 heterocycles. The van der Waals surface area contributed by atoms with Crippen molar-refractivity contribution in [1.29, 1.82) is 0 Å². The van der Waals surface area contributed by atoms with Gasteiger partial charge >= 0.3 is 0 Å². The van der Waals surface area contributed by atoms with Crippen LogP contribution in [0.25, 0.3) is 0 Å². The molecule has 0 fully saturated rings. The summed E-state index contributed by atoms with van der Waals surface area (Å²) in [5.74, 6) is -0.579. The van der Waals surface area contributed by atoms with Crippen molar-refractivity contribution in [2.45, 2.75) is 12.5 Å². The maximum absolute atomic E-state index is 14.4. The van der Waals surface area contributed by atoms with Crippen molar-refractivity contribution in [3.8, 4) is 0 Å². The van der Waals surface area contributed by atoms with E-state index in [4.69, 9.17) is 16.7 Å². The molecule has 0 saturated carbocycles. The Bertz CT molecular complexity index is 970. The number of halogens is 3. The molecule has 1 atom stereocenters. The van der Waals surface area contributed by atoms with Crippen LogP contribution >= 0.6 is 11.6 Å². The molecule has 0 N–H and O–H groups in total. The number of hydrogen-bond donors (Lipinski definition) is 0. The van der Waals surface area contributed by atoms with Crippen LogP contribution in [0.5, 0.6) is 0 Å². The van der Waals surface area contributed by atoms with Crippen molar-refractivity contribution in [1.82, 2.24) is 0 Å². The minimum absolute atomic E-state index is 0.278. The highest BCUT2D eigenvalue weighted by Gasteiger charge is 2.31. The van der Waals surface area contributed by atoms with Crippen molar-refractivity contribution in [3.05, 3.63) is 101 Å². The second-order valence-electron chi connectivity index (χ2n) is 6.12. The zero-order valence-corrected chi connectivity index (χ0v) is 14.5. The number of hydrogen-bond acceptors (Lipinski definition) is 2. The maximum Gasteiger partial charge on any atom is 0.128 e. The molecular formula is C21H15ClF2N2. The first-order valence-corrected chi connectivity index (χ1v) is 8.62. The van der Waals surface area contributed by atoms with Crippen LogP contribution in [0.3, 0.4) is 0 Å². The van der Waals surface area contributed by atoms with Gasteiger partial charge in [-0.3, -0.25) is 5.01 Å². The fourth-order valence-electron chi connectivity index (χ4n) is 3.17. The van der Waals surface area contributed by atoms with Crippen molar-refractivity contribution in [2.24, 2.45) is 5.10 Å². The first-order valence-electron chi connectivity index (χ1n) is 8.24. The Morgan fingerprint density at radius 2 is 1.69 bits per heavy atom. The van der Waals surface area contributed by atoms with Gasteiger partial charge in [0.15, 0.2) is 0 Å². The van der Waals surface area contributed by atoms with Crippen LogP contribution in [-0.2, 0) is 0 Å². The quantitative estimate of drug-likeness (QED) is 0.555. The van der Waals surface area contributed by atoms with E-state index in [1.807, 2.05) is 18.2 Å². The standard InChI is InChI=1S/C21H15ClF2N2/c22-15-4-3-5-17(12-15)26-21(18-6-1-2-7-19(18)24)13-20(25-26)14-8-10-16(23)11-9-14/h1-12,21H,13H2/t21-/m0/s1. The highest BCUT2D eigenvalue weighted by Crippen LogP contribution is 2.38. The molecule has 1 aliphatic rings. The van der Waals surface area contributed by atoms with E-state index in [1.165, 1.54) is 18.2 Å². The third-order valence-corrected chi connectivity index (χ3v) is 4.66. The molecule has 0 spiro atoms. The minimum atomic E-state index is -0.301. The summed E-state index contributed by atoms with van der Waals surface area (Å²) in [6, 6.07) is 19.9. The zero-order valence-electron chi connectivity index (χ0n) is 13.7. The zero-order chi connectivity index (χ0) is 18.1. The Morgan fingerprint density at radius 3 is 2.42 bits per heavy atom. The molecule has 26 heavy (non-hydrogen) atoms. The number of nitrogens with zero attached hydrogens (tertiary/aromatic N) is 2. The van der Waals surface area contributed by atoms with Crippen molar-refractivity contribution >= 4 is 23.0 Å². The summed E-state index contributed by atoms with van der Waals surface area (Å²) < 4.78 is 27.7. The van der Waals surface area contributed by atoms with Crippen LogP contribution < -0.4 is 5.01 Å². The molecule has 2 nitrogen and oxygen atoms in total. The van der Waals surface area contributed by atoms with Crippen LogP contribution in [0.4, 0.5) is 14.5 Å². The first-order chi connectivity index (χ1) is 12.6. The largest absolute Gasteiger partial charge is 0.257 e. The molecule has 0 amide bonds. The Hall–Kier alpha value is -2.72. The third-order valence-electron chi connectivity index (χ3n) is 4.42. The molecule has 0 aromatic heterocycles. The molecule has 130 valence electrons. The van der Waals surface area contributed by atoms with Gasteiger partial charge in [-0.2, -0.15) is 5.10 Å². The maximum atomic E-state index is 14.4. The molecule has 0 bridgehead atoms. The molecule has 5 heteroatoms. The smallest absolute Gasteiger partial charge is 0.128 e. The van der Waals surface area contributed by atoms with Crippen molar-refractivity contribution in [3.63, 3.8) is 0 Å². The highest BCUT2D eigenvalue weighted by atomic mass is 35.5. The van der Waals surface area contributed by atoms with E-state index in [0.29, 0.717) is 17.0 Å². The second-order valence-corrected chi connectivity index (χ2v) is 6.56. The lowest BCUT2D eigenvalue weighted by molar-refractivity contribution is 0.579. The molecular weight excluding hydrogens is 354 g/mol. The third kappa shape index (κ3) is 3.20. The molecule has 3 aromatic carbocycles. The number of rotatable bonds is 3. The molecule has 0 radical (unpaired) electrons. The Balaban J connectivity index is 1.78. The second kappa shape index (κ2) is 6.89. The summed E-state index contributed by atoms with van der Waals surface area (Å²) in [6.45, 7) is 0. The van der Waals surface area contributed by atoms with Gasteiger partial charge in [0.25, 0.3) is 0 Å². The van der Waals surface area contributed by atoms with Crippen molar-refractivity contribution < 1.29 is 8.78 Å². The monoisotopic (exact) mass is 368 g/mol. The predicted molar refractivity (Wildman–Crippen MR) is 101 cm³/mol. The Morgan fingerprint density at radius 1 is 0.923 bits per heavy atom. The highest BCUT2D eigenvalue weighted by molar-refractivity contribution is 6.30. The van der Waals surface area contributed by atoms with Crippen LogP contribution in [0.15, 0.2) is 77.9 Å². The van der Waals surface area contributed by atoms with E-state index < -0.39 is 0 Å². The van der Waals surface area contributed by atoms with Crippen LogP contribution in [0, 0.1) is 11.6 Å². The predicted octanol–water partition coefficient (Wildman–Crippen LogP) is 5.97. The molecule has 1 aliphatic heterocycles. The lowest BCUT2D eigenvalue weighted by atomic mass is 9.98. The summed E-state index contributed by atoms with van der Waals surface area (Å²) in [4.78, 5) is 0. The lowest BCUT2D eigenvalue weighted by Gasteiger charge is -2.24. The summed E-state index contributed by atoms with van der Waals surface area (Å²) in [5.41, 5.74) is 2.94. The van der Waals surface area contributed by atoms with Gasteiger partial charge < -0.3 is 0 Å². The van der Waals surface area contributed by atoms with Crippen LogP contribution in [0.1, 0.15) is 23.6 Å². The van der Waals surface area contributed by atoms with E-state index >= 15 is 0 Å². The van der Waals surface area contributed by atoms with Gasteiger partial charge in [-0.05, 0) is 42.0 Å². The van der Waals surface area contributed by atoms with E-state index in [1.54, 1.807) is 41.4 Å². The number of benzene rings is 3. The van der Waals surface area contributed by atoms with Gasteiger partial charge in [0.05, 0.1) is 17.4 Å². The minimum Gasteiger partial charge on any atom is -0.257 e. The van der Waals surface area contributed by atoms with Crippen LogP contribution in [0.2, 0.25) is 5.02 Å². The SMILES string of the molecule is Fc1ccc(C2=NN(c3cccc(Cl)c3)[C@H](c3ccccc3F)C2)cc1. The molecule has 3 aromatic rings. The average molecular weight is 369 g/mol. The fourth-order valence-corrected chi connectivity index (χ4v) is 3.36. The summed E-state index contributed by atoms with van der Waals surface area (Å²) >= 11 is 6.13. The Kier molecular flexibility index (Phi) is 4.43. The fraction of sp³-hybridized carbons (Fsp3) is 0.0952. The topological polar surface area (TPSA) is 15.6 Å². The lowest BCUT2D eigenvalue weighted by Crippen LogP contribution is -2.19. The first kappa shape index (κ1) is 16.7. The van der Waals surface area contributed by atoms with Gasteiger partial charge in [0, 0.05) is 17.0 Å². The molecule has 0 aliphatic carbocycles. The summed E-state index contributed by atoms with van der Waals surface area (Å²) in [7, 11) is 0. The van der Waals surface area contributed by atoms with Gasteiger partial charge in [-0.15, -0.1) is 0 Å². The van der Waals surface area contributed by atoms with Gasteiger partial charge in [0.2, 0.25) is 0 Å². The van der Waals surface area contributed by atoms with E-state index in [9.17, 15) is 8.78 Å². The molecule has 0 saturated heterocycles. The average Bonchev–Trinajstić information content (AvgIpc) is 3.08. The number of anilines is 1. The normalized spacial score (nSPS) is 16.7. The van der Waals surface area contributed by atoms with Gasteiger partial charge in [-0.1, -0.05) is 48.0 Å². The van der Waals surface area contributed by atoms with E-state index in [2.05, 4.69) is 0 Å². The number of hydrazone groups is 1.